The normalized spacial score (nSPS) is 11.5. The van der Waals surface area contributed by atoms with Crippen LogP contribution in [0.2, 0.25) is 10.0 Å². The largest absolute Gasteiger partial charge is 0.491 e. The zero-order chi connectivity index (χ0) is 36.0. The van der Waals surface area contributed by atoms with Gasteiger partial charge in [-0.3, -0.25) is 14.1 Å². The average Bonchev–Trinajstić information content (AvgIpc) is 3.48. The molecule has 51 heavy (non-hydrogen) atoms. The number of ether oxygens (including phenoxy) is 2. The number of sulfonamides is 1. The van der Waals surface area contributed by atoms with Crippen LogP contribution in [0.15, 0.2) is 120 Å². The van der Waals surface area contributed by atoms with Crippen molar-refractivity contribution in [2.75, 3.05) is 11.3 Å². The van der Waals surface area contributed by atoms with Crippen molar-refractivity contribution < 1.29 is 22.7 Å². The molecule has 6 rings (SSSR count). The number of carbonyl (C=O) groups excluding carboxylic acids is 1. The highest BCUT2D eigenvalue weighted by Gasteiger charge is 2.25. The zero-order valence-corrected chi connectivity index (χ0v) is 30.5. The predicted octanol–water partition coefficient (Wildman–Crippen LogP) is 10.4. The van der Waals surface area contributed by atoms with Crippen molar-refractivity contribution in [2.45, 2.75) is 50.5 Å². The van der Waals surface area contributed by atoms with E-state index in [0.717, 1.165) is 23.2 Å². The first-order valence-corrected chi connectivity index (χ1v) is 18.9. The van der Waals surface area contributed by atoms with Crippen molar-refractivity contribution in [2.24, 2.45) is 0 Å². The van der Waals surface area contributed by atoms with Gasteiger partial charge >= 0.3 is 5.97 Å². The summed E-state index contributed by atoms with van der Waals surface area (Å²) in [6.45, 7) is 3.94. The van der Waals surface area contributed by atoms with E-state index in [0.29, 0.717) is 52.5 Å². The standard InChI is InChI=1S/C40H37Cl2N3O5S/c1-27(2)50-38(46)22-10-5-11-23-49-36-26-35-33(43-40(28-14-6-3-7-15-28)45(35)31-18-8-4-9-19-31)25-34(36)44-51(47,48)37-21-13-20-32(42)39(37)29-16-12-17-30(41)24-29/h3-4,6-9,12-21,24-27,44H,5,10-11,22-23H2,1-2H3. The Morgan fingerprint density at radius 1 is 0.824 bits per heavy atom. The molecule has 1 N–H and O–H groups in total. The average molecular weight is 743 g/mol. The van der Waals surface area contributed by atoms with Gasteiger partial charge in [-0.15, -0.1) is 0 Å². The maximum atomic E-state index is 14.3. The minimum absolute atomic E-state index is 0.0172. The number of aromatic nitrogens is 2. The van der Waals surface area contributed by atoms with Crippen LogP contribution < -0.4 is 9.46 Å². The Morgan fingerprint density at radius 3 is 2.25 bits per heavy atom. The quantitative estimate of drug-likeness (QED) is 0.0881. The van der Waals surface area contributed by atoms with Gasteiger partial charge in [0.2, 0.25) is 0 Å². The van der Waals surface area contributed by atoms with Crippen LogP contribution in [0.5, 0.6) is 5.75 Å². The molecule has 6 aromatic rings. The summed E-state index contributed by atoms with van der Waals surface area (Å²) in [4.78, 5) is 17.0. The third kappa shape index (κ3) is 8.56. The number of hydrogen-bond donors (Lipinski definition) is 1. The molecule has 0 amide bonds. The van der Waals surface area contributed by atoms with Gasteiger partial charge in [0.25, 0.3) is 10.0 Å². The predicted molar refractivity (Wildman–Crippen MR) is 204 cm³/mol. The summed E-state index contributed by atoms with van der Waals surface area (Å²) in [6.07, 6.45) is 2.18. The maximum Gasteiger partial charge on any atom is 0.306 e. The summed E-state index contributed by atoms with van der Waals surface area (Å²) < 4.78 is 44.9. The fourth-order valence-electron chi connectivity index (χ4n) is 5.83. The highest BCUT2D eigenvalue weighted by molar-refractivity contribution is 7.92. The smallest absolute Gasteiger partial charge is 0.306 e. The first-order chi connectivity index (χ1) is 24.6. The van der Waals surface area contributed by atoms with Crippen LogP contribution in [0, 0.1) is 0 Å². The van der Waals surface area contributed by atoms with E-state index in [1.54, 1.807) is 42.5 Å². The van der Waals surface area contributed by atoms with E-state index in [4.69, 9.17) is 37.7 Å². The molecule has 11 heteroatoms. The van der Waals surface area contributed by atoms with Crippen LogP contribution >= 0.6 is 23.2 Å². The number of nitrogens with zero attached hydrogens (tertiary/aromatic N) is 2. The number of halogens is 2. The SMILES string of the molecule is CC(C)OC(=O)CCCCCOc1cc2c(cc1NS(=O)(=O)c1cccc(Cl)c1-c1cccc(Cl)c1)nc(-c1ccccc1)n2-c1ccccc1. The number of carbonyl (C=O) groups is 1. The molecule has 0 saturated carbocycles. The number of esters is 1. The molecule has 0 radical (unpaired) electrons. The number of imidazole rings is 1. The number of fused-ring (bicyclic) bond motifs is 1. The van der Waals surface area contributed by atoms with Gasteiger partial charge < -0.3 is 9.47 Å². The number of rotatable bonds is 14. The first-order valence-electron chi connectivity index (χ1n) is 16.7. The summed E-state index contributed by atoms with van der Waals surface area (Å²) >= 11 is 12.9. The molecule has 0 aliphatic heterocycles. The minimum atomic E-state index is -4.23. The fourth-order valence-corrected chi connectivity index (χ4v) is 7.67. The second-order valence-electron chi connectivity index (χ2n) is 12.2. The number of hydrogen-bond acceptors (Lipinski definition) is 6. The van der Waals surface area contributed by atoms with Crippen LogP contribution in [0.3, 0.4) is 0 Å². The molecule has 8 nitrogen and oxygen atoms in total. The van der Waals surface area contributed by atoms with E-state index in [1.807, 2.05) is 85.1 Å². The van der Waals surface area contributed by atoms with Gasteiger partial charge in [0.05, 0.1) is 34.3 Å². The summed E-state index contributed by atoms with van der Waals surface area (Å²) in [7, 11) is -4.23. The lowest BCUT2D eigenvalue weighted by molar-refractivity contribution is -0.147. The van der Waals surface area contributed by atoms with E-state index in [1.165, 1.54) is 6.07 Å². The number of unbranched alkanes of at least 4 members (excludes halogenated alkanes) is 2. The topological polar surface area (TPSA) is 99.5 Å². The van der Waals surface area contributed by atoms with Crippen molar-refractivity contribution in [3.05, 3.63) is 125 Å². The molecule has 0 spiro atoms. The Morgan fingerprint density at radius 2 is 1.53 bits per heavy atom. The van der Waals surface area contributed by atoms with Crippen LogP contribution in [-0.2, 0) is 19.6 Å². The number of nitrogens with one attached hydrogen (secondary N) is 1. The van der Waals surface area contributed by atoms with Crippen molar-refractivity contribution in [1.82, 2.24) is 9.55 Å². The molecule has 0 saturated heterocycles. The van der Waals surface area contributed by atoms with Gasteiger partial charge in [0.1, 0.15) is 11.6 Å². The molecule has 0 fully saturated rings. The van der Waals surface area contributed by atoms with Crippen molar-refractivity contribution in [1.29, 1.82) is 0 Å². The third-order valence-electron chi connectivity index (χ3n) is 8.07. The molecule has 1 heterocycles. The lowest BCUT2D eigenvalue weighted by Crippen LogP contribution is -2.15. The highest BCUT2D eigenvalue weighted by Crippen LogP contribution is 2.39. The van der Waals surface area contributed by atoms with Gasteiger partial charge in [0, 0.05) is 39.3 Å². The van der Waals surface area contributed by atoms with Gasteiger partial charge in [-0.2, -0.15) is 0 Å². The van der Waals surface area contributed by atoms with Gasteiger partial charge in [0.15, 0.2) is 0 Å². The van der Waals surface area contributed by atoms with Crippen molar-refractivity contribution in [3.8, 4) is 34.0 Å². The maximum absolute atomic E-state index is 14.3. The summed E-state index contributed by atoms with van der Waals surface area (Å²) in [5.74, 6) is 0.789. The van der Waals surface area contributed by atoms with Gasteiger partial charge in [-0.25, -0.2) is 13.4 Å². The fraction of sp³-hybridized carbons (Fsp3) is 0.200. The van der Waals surface area contributed by atoms with Crippen LogP contribution in [0.25, 0.3) is 39.2 Å². The Bertz CT molecular complexity index is 2260. The summed E-state index contributed by atoms with van der Waals surface area (Å²) in [5.41, 5.74) is 4.18. The molecule has 262 valence electrons. The van der Waals surface area contributed by atoms with Crippen molar-refractivity contribution in [3.63, 3.8) is 0 Å². The first kappa shape index (κ1) is 36.0. The molecular formula is C40H37Cl2N3O5S. The van der Waals surface area contributed by atoms with Crippen LogP contribution in [0.1, 0.15) is 39.5 Å². The van der Waals surface area contributed by atoms with E-state index in [9.17, 15) is 13.2 Å². The lowest BCUT2D eigenvalue weighted by Gasteiger charge is -2.17. The molecule has 0 atom stereocenters. The minimum Gasteiger partial charge on any atom is -0.491 e. The second-order valence-corrected chi connectivity index (χ2v) is 14.7. The molecule has 0 aliphatic rings. The Labute approximate surface area is 308 Å². The summed E-state index contributed by atoms with van der Waals surface area (Å²) in [5, 5.41) is 0.711. The highest BCUT2D eigenvalue weighted by atomic mass is 35.5. The van der Waals surface area contributed by atoms with E-state index in [2.05, 4.69) is 4.72 Å². The monoisotopic (exact) mass is 741 g/mol. The molecule has 5 aromatic carbocycles. The van der Waals surface area contributed by atoms with E-state index < -0.39 is 10.0 Å². The molecule has 1 aromatic heterocycles. The molecule has 0 unspecified atom stereocenters. The third-order valence-corrected chi connectivity index (χ3v) is 10.0. The Hall–Kier alpha value is -4.83. The number of anilines is 1. The second kappa shape index (κ2) is 16.0. The molecule has 0 bridgehead atoms. The van der Waals surface area contributed by atoms with E-state index >= 15 is 0 Å². The van der Waals surface area contributed by atoms with Gasteiger partial charge in [-0.1, -0.05) is 89.9 Å². The zero-order valence-electron chi connectivity index (χ0n) is 28.2. The molecule has 0 aliphatic carbocycles. The number of para-hydroxylation sites is 1. The van der Waals surface area contributed by atoms with Crippen LogP contribution in [0.4, 0.5) is 5.69 Å². The van der Waals surface area contributed by atoms with E-state index in [-0.39, 0.29) is 34.3 Å². The number of benzene rings is 5. The van der Waals surface area contributed by atoms with Gasteiger partial charge in [-0.05, 0) is 81.1 Å². The lowest BCUT2D eigenvalue weighted by atomic mass is 10.1. The molecular weight excluding hydrogens is 705 g/mol. The van der Waals surface area contributed by atoms with Crippen molar-refractivity contribution >= 4 is 55.9 Å². The van der Waals surface area contributed by atoms with Crippen LogP contribution in [-0.4, -0.2) is 36.6 Å². The Kier molecular flexibility index (Phi) is 11.3. The Balaban J connectivity index is 1.40. The summed E-state index contributed by atoms with van der Waals surface area (Å²) in [6, 6.07) is 34.8.